The maximum Gasteiger partial charge on any atom is 0.224 e. The van der Waals surface area contributed by atoms with Crippen LogP contribution in [0.15, 0.2) is 30.3 Å². The number of nitrogens with zero attached hydrogens (tertiary/aromatic N) is 3. The highest BCUT2D eigenvalue weighted by Crippen LogP contribution is 2.22. The number of hydrogen-bond acceptors (Lipinski definition) is 4. The predicted octanol–water partition coefficient (Wildman–Crippen LogP) is 1.81. The summed E-state index contributed by atoms with van der Waals surface area (Å²) in [6.45, 7) is 5.50. The van der Waals surface area contributed by atoms with Gasteiger partial charge in [-0.3, -0.25) is 4.57 Å². The molecule has 0 bridgehead atoms. The van der Waals surface area contributed by atoms with Crippen molar-refractivity contribution in [1.29, 1.82) is 0 Å². The van der Waals surface area contributed by atoms with Crippen molar-refractivity contribution >= 4 is 5.95 Å². The van der Waals surface area contributed by atoms with Crippen LogP contribution in [0.4, 0.5) is 5.95 Å². The van der Waals surface area contributed by atoms with Gasteiger partial charge < -0.3 is 10.4 Å². The van der Waals surface area contributed by atoms with Gasteiger partial charge in [-0.15, -0.1) is 10.2 Å². The third-order valence-electron chi connectivity index (χ3n) is 2.79. The average molecular weight is 246 g/mol. The molecule has 96 valence electrons. The average Bonchev–Trinajstić information content (AvgIpc) is 2.82. The molecule has 0 radical (unpaired) electrons. The van der Waals surface area contributed by atoms with Crippen molar-refractivity contribution in [3.05, 3.63) is 41.7 Å². The van der Waals surface area contributed by atoms with Gasteiger partial charge in [-0.25, -0.2) is 0 Å². The van der Waals surface area contributed by atoms with E-state index in [-0.39, 0.29) is 0 Å². The van der Waals surface area contributed by atoms with Crippen LogP contribution in [0, 0.1) is 0 Å². The van der Waals surface area contributed by atoms with Crippen LogP contribution in [-0.2, 0) is 6.54 Å². The van der Waals surface area contributed by atoms with Gasteiger partial charge in [0.25, 0.3) is 0 Å². The molecule has 5 heteroatoms. The summed E-state index contributed by atoms with van der Waals surface area (Å²) >= 11 is 0. The summed E-state index contributed by atoms with van der Waals surface area (Å²) < 4.78 is 1.89. The molecule has 0 spiro atoms. The van der Waals surface area contributed by atoms with Crippen LogP contribution >= 0.6 is 0 Å². The van der Waals surface area contributed by atoms with Gasteiger partial charge in [-0.2, -0.15) is 0 Å². The summed E-state index contributed by atoms with van der Waals surface area (Å²) in [7, 11) is 0. The molecule has 2 aromatic rings. The number of aliphatic hydroxyl groups is 1. The van der Waals surface area contributed by atoms with Crippen LogP contribution in [0.1, 0.15) is 31.3 Å². The molecule has 2 rings (SSSR count). The summed E-state index contributed by atoms with van der Waals surface area (Å²) in [5.74, 6) is 1.27. The molecular weight excluding hydrogens is 228 g/mol. The SMILES string of the molecule is CCNc1nnc(C(O)c2ccccc2)n1CC. The highest BCUT2D eigenvalue weighted by Gasteiger charge is 2.19. The third kappa shape index (κ3) is 2.36. The van der Waals surface area contributed by atoms with Crippen LogP contribution in [0.25, 0.3) is 0 Å². The Balaban J connectivity index is 2.33. The van der Waals surface area contributed by atoms with Crippen LogP contribution in [-0.4, -0.2) is 26.4 Å². The molecule has 0 saturated carbocycles. The Bertz CT molecular complexity index is 495. The molecule has 2 N–H and O–H groups in total. The first-order valence-corrected chi connectivity index (χ1v) is 6.17. The highest BCUT2D eigenvalue weighted by atomic mass is 16.3. The fourth-order valence-corrected chi connectivity index (χ4v) is 1.90. The lowest BCUT2D eigenvalue weighted by molar-refractivity contribution is 0.204. The van der Waals surface area contributed by atoms with Gasteiger partial charge in [-0.1, -0.05) is 30.3 Å². The van der Waals surface area contributed by atoms with E-state index in [2.05, 4.69) is 15.5 Å². The molecule has 0 aliphatic heterocycles. The molecule has 0 saturated heterocycles. The van der Waals surface area contributed by atoms with Crippen LogP contribution < -0.4 is 5.32 Å². The Morgan fingerprint density at radius 1 is 1.22 bits per heavy atom. The van der Waals surface area contributed by atoms with Crippen LogP contribution in [0.5, 0.6) is 0 Å². The minimum atomic E-state index is -0.744. The Morgan fingerprint density at radius 3 is 2.56 bits per heavy atom. The second-order valence-corrected chi connectivity index (χ2v) is 3.97. The van der Waals surface area contributed by atoms with E-state index >= 15 is 0 Å². The van der Waals surface area contributed by atoms with E-state index in [1.54, 1.807) is 0 Å². The first-order valence-electron chi connectivity index (χ1n) is 6.17. The number of aliphatic hydroxyl groups excluding tert-OH is 1. The number of nitrogens with one attached hydrogen (secondary N) is 1. The molecular formula is C13H18N4O. The van der Waals surface area contributed by atoms with E-state index in [0.717, 1.165) is 12.1 Å². The summed E-state index contributed by atoms with van der Waals surface area (Å²) in [5, 5.41) is 21.6. The van der Waals surface area contributed by atoms with E-state index < -0.39 is 6.10 Å². The minimum Gasteiger partial charge on any atom is -0.380 e. The summed E-state index contributed by atoms with van der Waals surface area (Å²) in [6, 6.07) is 9.48. The summed E-state index contributed by atoms with van der Waals surface area (Å²) in [4.78, 5) is 0. The lowest BCUT2D eigenvalue weighted by Crippen LogP contribution is -2.12. The third-order valence-corrected chi connectivity index (χ3v) is 2.79. The van der Waals surface area contributed by atoms with E-state index in [1.165, 1.54) is 0 Å². The Labute approximate surface area is 106 Å². The molecule has 5 nitrogen and oxygen atoms in total. The van der Waals surface area contributed by atoms with Gasteiger partial charge in [0.1, 0.15) is 6.10 Å². The van der Waals surface area contributed by atoms with Crippen LogP contribution in [0.3, 0.4) is 0 Å². The lowest BCUT2D eigenvalue weighted by atomic mass is 10.1. The fraction of sp³-hybridized carbons (Fsp3) is 0.385. The molecule has 0 aliphatic rings. The van der Waals surface area contributed by atoms with Crippen molar-refractivity contribution in [1.82, 2.24) is 14.8 Å². The largest absolute Gasteiger partial charge is 0.380 e. The Hall–Kier alpha value is -1.88. The maximum absolute atomic E-state index is 10.3. The molecule has 1 unspecified atom stereocenters. The number of hydrogen-bond donors (Lipinski definition) is 2. The highest BCUT2D eigenvalue weighted by molar-refractivity contribution is 5.30. The number of aromatic nitrogens is 3. The van der Waals surface area contributed by atoms with Crippen molar-refractivity contribution in [2.24, 2.45) is 0 Å². The number of rotatable bonds is 5. The zero-order chi connectivity index (χ0) is 13.0. The second kappa shape index (κ2) is 5.64. The van der Waals surface area contributed by atoms with E-state index in [9.17, 15) is 5.11 Å². The molecule has 1 aromatic heterocycles. The van der Waals surface area contributed by atoms with E-state index in [0.29, 0.717) is 18.3 Å². The first-order chi connectivity index (χ1) is 8.77. The molecule has 1 atom stereocenters. The minimum absolute atomic E-state index is 0.569. The van der Waals surface area contributed by atoms with Gasteiger partial charge in [0.15, 0.2) is 5.82 Å². The van der Waals surface area contributed by atoms with Gasteiger partial charge in [0, 0.05) is 13.1 Å². The van der Waals surface area contributed by atoms with Crippen molar-refractivity contribution in [2.45, 2.75) is 26.5 Å². The zero-order valence-electron chi connectivity index (χ0n) is 10.7. The van der Waals surface area contributed by atoms with E-state index in [4.69, 9.17) is 0 Å². The predicted molar refractivity (Wildman–Crippen MR) is 70.4 cm³/mol. The normalized spacial score (nSPS) is 12.4. The van der Waals surface area contributed by atoms with Gasteiger partial charge >= 0.3 is 0 Å². The van der Waals surface area contributed by atoms with Crippen molar-refractivity contribution in [3.63, 3.8) is 0 Å². The van der Waals surface area contributed by atoms with Gasteiger partial charge in [0.05, 0.1) is 0 Å². The first kappa shape index (κ1) is 12.6. The topological polar surface area (TPSA) is 63.0 Å². The zero-order valence-corrected chi connectivity index (χ0v) is 10.7. The number of anilines is 1. The van der Waals surface area contributed by atoms with E-state index in [1.807, 2.05) is 48.7 Å². The molecule has 0 aliphatic carbocycles. The van der Waals surface area contributed by atoms with Crippen molar-refractivity contribution in [2.75, 3.05) is 11.9 Å². The Morgan fingerprint density at radius 2 is 1.94 bits per heavy atom. The fourth-order valence-electron chi connectivity index (χ4n) is 1.90. The molecule has 0 amide bonds. The second-order valence-electron chi connectivity index (χ2n) is 3.97. The standard InChI is InChI=1S/C13H18N4O/c1-3-14-13-16-15-12(17(13)4-2)11(18)10-8-6-5-7-9-10/h5-9,11,18H,3-4H2,1-2H3,(H,14,16). The Kier molecular flexibility index (Phi) is 3.94. The summed E-state index contributed by atoms with van der Waals surface area (Å²) in [5.41, 5.74) is 0.822. The number of benzene rings is 1. The van der Waals surface area contributed by atoms with Crippen molar-refractivity contribution in [3.8, 4) is 0 Å². The quantitative estimate of drug-likeness (QED) is 0.844. The molecule has 18 heavy (non-hydrogen) atoms. The summed E-state index contributed by atoms with van der Waals surface area (Å²) in [6.07, 6.45) is -0.744. The lowest BCUT2D eigenvalue weighted by Gasteiger charge is -2.13. The molecule has 1 heterocycles. The smallest absolute Gasteiger partial charge is 0.224 e. The maximum atomic E-state index is 10.3. The molecule has 0 fully saturated rings. The molecule has 1 aromatic carbocycles. The van der Waals surface area contributed by atoms with Gasteiger partial charge in [-0.05, 0) is 19.4 Å². The van der Waals surface area contributed by atoms with Gasteiger partial charge in [0.2, 0.25) is 5.95 Å². The van der Waals surface area contributed by atoms with Crippen molar-refractivity contribution < 1.29 is 5.11 Å². The van der Waals surface area contributed by atoms with Crippen LogP contribution in [0.2, 0.25) is 0 Å². The monoisotopic (exact) mass is 246 g/mol.